The molecule has 22 heavy (non-hydrogen) atoms. The summed E-state index contributed by atoms with van der Waals surface area (Å²) in [6.45, 7) is -0.104. The van der Waals surface area contributed by atoms with E-state index in [2.05, 4.69) is 4.74 Å². The highest BCUT2D eigenvalue weighted by atomic mass is 32.2. The van der Waals surface area contributed by atoms with Crippen molar-refractivity contribution in [2.45, 2.75) is 25.0 Å². The zero-order valence-corrected chi connectivity index (χ0v) is 12.3. The van der Waals surface area contributed by atoms with E-state index in [-0.39, 0.29) is 0 Å². The molecule has 0 saturated carbocycles. The zero-order chi connectivity index (χ0) is 17.9. The average molecular weight is 342 g/mol. The number of aliphatic carboxylic acids is 2. The van der Waals surface area contributed by atoms with Crippen molar-refractivity contribution in [3.05, 3.63) is 0 Å². The molecule has 0 aliphatic rings. The van der Waals surface area contributed by atoms with Crippen LogP contribution in [0.3, 0.4) is 0 Å². The molecule has 2 unspecified atom stereocenters. The SMILES string of the molecule is CC(=O)C(O)(C(=O)O)C(OCCS(=O)(=O)O)(C(C)=O)C(=O)O. The minimum Gasteiger partial charge on any atom is -0.479 e. The van der Waals surface area contributed by atoms with E-state index in [4.69, 9.17) is 14.8 Å². The highest BCUT2D eigenvalue weighted by molar-refractivity contribution is 7.85. The molecule has 0 aliphatic carbocycles. The Hall–Kier alpha value is -1.89. The first-order valence-electron chi connectivity index (χ1n) is 5.53. The van der Waals surface area contributed by atoms with Gasteiger partial charge in [0.1, 0.15) is 0 Å². The van der Waals surface area contributed by atoms with E-state index < -0.39 is 57.2 Å². The minimum absolute atomic E-state index is 0.515. The molecule has 0 aromatic rings. The fourth-order valence-corrected chi connectivity index (χ4v) is 1.97. The van der Waals surface area contributed by atoms with Gasteiger partial charge in [0.2, 0.25) is 0 Å². The fraction of sp³-hybridized carbons (Fsp3) is 0.600. The third kappa shape index (κ3) is 3.47. The van der Waals surface area contributed by atoms with Crippen LogP contribution in [0.2, 0.25) is 0 Å². The van der Waals surface area contributed by atoms with E-state index in [1.54, 1.807) is 0 Å². The van der Waals surface area contributed by atoms with Crippen molar-refractivity contribution in [2.75, 3.05) is 12.4 Å². The number of hydrogen-bond acceptors (Lipinski definition) is 8. The summed E-state index contributed by atoms with van der Waals surface area (Å²) in [5, 5.41) is 28.0. The van der Waals surface area contributed by atoms with Crippen molar-refractivity contribution in [3.8, 4) is 0 Å². The van der Waals surface area contributed by atoms with Gasteiger partial charge in [-0.05, 0) is 13.8 Å². The summed E-state index contributed by atoms with van der Waals surface area (Å²) in [5.41, 5.74) is -7.36. The van der Waals surface area contributed by atoms with Crippen LogP contribution in [0.4, 0.5) is 0 Å². The maximum Gasteiger partial charge on any atom is 0.348 e. The Bertz CT molecular complexity index is 574. The predicted octanol–water partition coefficient (Wildman–Crippen LogP) is -2.29. The molecule has 2 atom stereocenters. The van der Waals surface area contributed by atoms with Gasteiger partial charge in [-0.2, -0.15) is 8.42 Å². The summed E-state index contributed by atoms with van der Waals surface area (Å²) in [5.74, 6) is -9.05. The Labute approximate surface area is 124 Å². The van der Waals surface area contributed by atoms with Gasteiger partial charge in [-0.15, -0.1) is 0 Å². The molecule has 0 aliphatic heterocycles. The molecule has 0 bridgehead atoms. The molecule has 0 heterocycles. The predicted molar refractivity (Wildman–Crippen MR) is 66.7 cm³/mol. The van der Waals surface area contributed by atoms with E-state index in [1.165, 1.54) is 0 Å². The molecule has 0 amide bonds. The number of ether oxygens (including phenoxy) is 1. The summed E-state index contributed by atoms with van der Waals surface area (Å²) < 4.78 is 34.1. The van der Waals surface area contributed by atoms with Crippen LogP contribution in [0.5, 0.6) is 0 Å². The zero-order valence-electron chi connectivity index (χ0n) is 11.5. The van der Waals surface area contributed by atoms with E-state index >= 15 is 0 Å². The minimum atomic E-state index is -4.63. The van der Waals surface area contributed by atoms with Gasteiger partial charge in [-0.3, -0.25) is 14.1 Å². The van der Waals surface area contributed by atoms with Gasteiger partial charge in [0, 0.05) is 0 Å². The van der Waals surface area contributed by atoms with Crippen LogP contribution in [0.25, 0.3) is 0 Å². The number of hydrogen-bond donors (Lipinski definition) is 4. The van der Waals surface area contributed by atoms with Gasteiger partial charge in [-0.1, -0.05) is 0 Å². The van der Waals surface area contributed by atoms with Crippen LogP contribution in [0, 0.1) is 0 Å². The number of carboxylic acids is 2. The molecule has 11 nitrogen and oxygen atoms in total. The molecule has 12 heteroatoms. The highest BCUT2D eigenvalue weighted by Gasteiger charge is 2.69. The maximum absolute atomic E-state index is 11.6. The van der Waals surface area contributed by atoms with Crippen molar-refractivity contribution in [3.63, 3.8) is 0 Å². The molecule has 0 fully saturated rings. The van der Waals surface area contributed by atoms with Crippen LogP contribution in [-0.4, -0.2) is 75.4 Å². The number of Topliss-reactive ketones (excluding diaryl/α,β-unsaturated/α-hetero) is 2. The summed E-state index contributed by atoms with van der Waals surface area (Å²) >= 11 is 0. The van der Waals surface area contributed by atoms with Gasteiger partial charge < -0.3 is 20.1 Å². The summed E-state index contributed by atoms with van der Waals surface area (Å²) in [7, 11) is -4.63. The Morgan fingerprint density at radius 1 is 1.00 bits per heavy atom. The maximum atomic E-state index is 11.6. The molecule has 0 saturated heterocycles. The Balaban J connectivity index is 6.11. The second-order valence-corrected chi connectivity index (χ2v) is 5.82. The Morgan fingerprint density at radius 2 is 1.45 bits per heavy atom. The standard InChI is InChI=1S/C10H14O11S/c1-5(11)9(17,7(13)14)10(6(2)12,8(15)16)21-3-4-22(18,19)20/h17H,3-4H2,1-2H3,(H,13,14)(H,15,16)(H,18,19,20). The lowest BCUT2D eigenvalue weighted by molar-refractivity contribution is -0.214. The van der Waals surface area contributed by atoms with Gasteiger partial charge in [0.25, 0.3) is 21.3 Å². The first-order valence-corrected chi connectivity index (χ1v) is 7.14. The topological polar surface area (TPSA) is 193 Å². The van der Waals surface area contributed by atoms with Crippen LogP contribution in [0.1, 0.15) is 13.8 Å². The fourth-order valence-electron chi connectivity index (χ4n) is 1.68. The first-order chi connectivity index (χ1) is 9.73. The molecule has 4 N–H and O–H groups in total. The van der Waals surface area contributed by atoms with Crippen molar-refractivity contribution in [1.82, 2.24) is 0 Å². The monoisotopic (exact) mass is 342 g/mol. The summed E-state index contributed by atoms with van der Waals surface area (Å²) in [4.78, 5) is 45.5. The quantitative estimate of drug-likeness (QED) is 0.260. The van der Waals surface area contributed by atoms with Gasteiger partial charge in [-0.25, -0.2) is 9.59 Å². The van der Waals surface area contributed by atoms with Crippen LogP contribution in [-0.2, 0) is 34.0 Å². The van der Waals surface area contributed by atoms with E-state index in [0.29, 0.717) is 13.8 Å². The number of carbonyl (C=O) groups is 4. The van der Waals surface area contributed by atoms with Crippen LogP contribution >= 0.6 is 0 Å². The number of rotatable bonds is 9. The lowest BCUT2D eigenvalue weighted by Gasteiger charge is -2.37. The molecule has 126 valence electrons. The van der Waals surface area contributed by atoms with Gasteiger partial charge >= 0.3 is 11.9 Å². The second kappa shape index (κ2) is 6.48. The van der Waals surface area contributed by atoms with Crippen LogP contribution < -0.4 is 0 Å². The number of carbonyl (C=O) groups excluding carboxylic acids is 2. The van der Waals surface area contributed by atoms with Crippen LogP contribution in [0.15, 0.2) is 0 Å². The van der Waals surface area contributed by atoms with E-state index in [1.807, 2.05) is 0 Å². The molecule has 0 radical (unpaired) electrons. The molecular weight excluding hydrogens is 328 g/mol. The molecule has 0 aromatic carbocycles. The Morgan fingerprint density at radius 3 is 1.68 bits per heavy atom. The molecule has 0 spiro atoms. The summed E-state index contributed by atoms with van der Waals surface area (Å²) in [6.07, 6.45) is 0. The largest absolute Gasteiger partial charge is 0.479 e. The summed E-state index contributed by atoms with van der Waals surface area (Å²) in [6, 6.07) is 0. The van der Waals surface area contributed by atoms with Crippen molar-refractivity contribution >= 4 is 33.6 Å². The van der Waals surface area contributed by atoms with Gasteiger partial charge in [0.15, 0.2) is 11.6 Å². The lowest BCUT2D eigenvalue weighted by atomic mass is 9.77. The van der Waals surface area contributed by atoms with Crippen molar-refractivity contribution < 1.29 is 52.2 Å². The lowest BCUT2D eigenvalue weighted by Crippen LogP contribution is -2.72. The highest BCUT2D eigenvalue weighted by Crippen LogP contribution is 2.30. The van der Waals surface area contributed by atoms with Crippen molar-refractivity contribution in [2.24, 2.45) is 0 Å². The molecular formula is C10H14O11S. The molecule has 0 rings (SSSR count). The number of carboxylic acid groups (broad SMARTS) is 2. The smallest absolute Gasteiger partial charge is 0.348 e. The Kier molecular flexibility index (Phi) is 5.92. The third-order valence-corrected chi connectivity index (χ3v) is 3.47. The van der Waals surface area contributed by atoms with Crippen molar-refractivity contribution in [1.29, 1.82) is 0 Å². The van der Waals surface area contributed by atoms with E-state index in [9.17, 15) is 32.7 Å². The van der Waals surface area contributed by atoms with E-state index in [0.717, 1.165) is 0 Å². The van der Waals surface area contributed by atoms with Gasteiger partial charge in [0.05, 0.1) is 12.4 Å². The average Bonchev–Trinajstić information content (AvgIpc) is 2.30. The number of ketones is 2. The second-order valence-electron chi connectivity index (χ2n) is 4.25. The number of aliphatic hydroxyl groups is 1. The molecule has 0 aromatic heterocycles. The third-order valence-electron chi connectivity index (χ3n) is 2.79. The first kappa shape index (κ1) is 20.1. The normalized spacial score (nSPS) is 17.1.